The first-order valence-electron chi connectivity index (χ1n) is 6.09. The highest BCUT2D eigenvalue weighted by Crippen LogP contribution is 2.27. The fourth-order valence-electron chi connectivity index (χ4n) is 2.10. The Balaban J connectivity index is 2.52. The smallest absolute Gasteiger partial charge is 0.328 e. The number of nitrogens with one attached hydrogen (secondary N) is 2. The lowest BCUT2D eigenvalue weighted by atomic mass is 9.83. The van der Waals surface area contributed by atoms with Gasteiger partial charge in [-0.05, 0) is 33.6 Å². The van der Waals surface area contributed by atoms with Crippen molar-refractivity contribution in [3.8, 4) is 0 Å². The third-order valence-corrected chi connectivity index (χ3v) is 3.33. The van der Waals surface area contributed by atoms with Gasteiger partial charge in [-0.2, -0.15) is 0 Å². The minimum Gasteiger partial charge on any atom is -0.480 e. The van der Waals surface area contributed by atoms with Gasteiger partial charge in [0.2, 0.25) is 0 Å². The van der Waals surface area contributed by atoms with Crippen LogP contribution in [0.1, 0.15) is 52.9 Å². The van der Waals surface area contributed by atoms with Crippen molar-refractivity contribution in [3.05, 3.63) is 0 Å². The van der Waals surface area contributed by atoms with Crippen LogP contribution in [-0.4, -0.2) is 28.2 Å². The number of urea groups is 1. The zero-order valence-corrected chi connectivity index (χ0v) is 10.8. The molecule has 0 saturated heterocycles. The summed E-state index contributed by atoms with van der Waals surface area (Å²) in [5, 5.41) is 14.3. The van der Waals surface area contributed by atoms with Crippen LogP contribution >= 0.6 is 0 Å². The van der Waals surface area contributed by atoms with Crippen molar-refractivity contribution < 1.29 is 14.7 Å². The maximum absolute atomic E-state index is 11.8. The van der Waals surface area contributed by atoms with Crippen LogP contribution < -0.4 is 10.6 Å². The first kappa shape index (κ1) is 13.8. The van der Waals surface area contributed by atoms with Crippen molar-refractivity contribution in [3.63, 3.8) is 0 Å². The third kappa shape index (κ3) is 3.91. The van der Waals surface area contributed by atoms with Gasteiger partial charge in [0.25, 0.3) is 0 Å². The molecule has 17 heavy (non-hydrogen) atoms. The Hall–Kier alpha value is -1.26. The van der Waals surface area contributed by atoms with E-state index in [-0.39, 0.29) is 5.54 Å². The summed E-state index contributed by atoms with van der Waals surface area (Å²) in [6.07, 6.45) is 5.33. The van der Waals surface area contributed by atoms with Crippen molar-refractivity contribution in [1.29, 1.82) is 0 Å². The molecule has 2 amide bonds. The summed E-state index contributed by atoms with van der Waals surface area (Å²) in [5.41, 5.74) is -1.44. The largest absolute Gasteiger partial charge is 0.480 e. The summed E-state index contributed by atoms with van der Waals surface area (Å²) < 4.78 is 0. The Labute approximate surface area is 102 Å². The Kier molecular flexibility index (Phi) is 4.01. The van der Waals surface area contributed by atoms with Crippen LogP contribution in [0.2, 0.25) is 0 Å². The van der Waals surface area contributed by atoms with Gasteiger partial charge in [-0.3, -0.25) is 0 Å². The molecule has 1 saturated carbocycles. The number of rotatable bonds is 3. The van der Waals surface area contributed by atoms with Gasteiger partial charge >= 0.3 is 12.0 Å². The summed E-state index contributed by atoms with van der Waals surface area (Å²) in [6, 6.07) is -0.401. The second-order valence-electron chi connectivity index (χ2n) is 5.63. The molecule has 3 N–H and O–H groups in total. The van der Waals surface area contributed by atoms with E-state index in [2.05, 4.69) is 10.6 Å². The average molecular weight is 242 g/mol. The van der Waals surface area contributed by atoms with Gasteiger partial charge in [0.15, 0.2) is 0 Å². The highest BCUT2D eigenvalue weighted by Gasteiger charge is 2.33. The Bertz CT molecular complexity index is 307. The maximum Gasteiger partial charge on any atom is 0.328 e. The number of hydrogen-bond donors (Lipinski definition) is 3. The average Bonchev–Trinajstić information content (AvgIpc) is 2.16. The molecule has 0 aromatic rings. The topological polar surface area (TPSA) is 78.4 Å². The lowest BCUT2D eigenvalue weighted by molar-refractivity contribution is -0.142. The Morgan fingerprint density at radius 1 is 1.18 bits per heavy atom. The molecule has 0 aromatic heterocycles. The molecule has 1 rings (SSSR count). The summed E-state index contributed by atoms with van der Waals surface area (Å²) in [5.74, 6) is -1.04. The van der Waals surface area contributed by atoms with E-state index < -0.39 is 17.5 Å². The minimum atomic E-state index is -1.24. The lowest BCUT2D eigenvalue weighted by Crippen LogP contribution is -2.58. The molecule has 1 fully saturated rings. The number of amides is 2. The molecule has 5 nitrogen and oxygen atoms in total. The minimum absolute atomic E-state index is 0.198. The maximum atomic E-state index is 11.8. The molecule has 98 valence electrons. The zero-order chi connectivity index (χ0) is 13.1. The van der Waals surface area contributed by atoms with Crippen LogP contribution in [0.3, 0.4) is 0 Å². The molecule has 0 atom stereocenters. The van der Waals surface area contributed by atoms with E-state index in [4.69, 9.17) is 5.11 Å². The zero-order valence-electron chi connectivity index (χ0n) is 10.8. The van der Waals surface area contributed by atoms with Gasteiger partial charge < -0.3 is 15.7 Å². The highest BCUT2D eigenvalue weighted by atomic mass is 16.4. The number of carboxylic acids is 1. The predicted octanol–water partition coefficient (Wildman–Crippen LogP) is 1.87. The van der Waals surface area contributed by atoms with E-state index in [0.29, 0.717) is 0 Å². The number of carbonyl (C=O) groups excluding carboxylic acids is 1. The van der Waals surface area contributed by atoms with Crippen molar-refractivity contribution in [2.45, 2.75) is 64.0 Å². The van der Waals surface area contributed by atoms with Gasteiger partial charge in [0.1, 0.15) is 5.54 Å². The summed E-state index contributed by atoms with van der Waals surface area (Å²) >= 11 is 0. The molecular formula is C12H22N2O3. The van der Waals surface area contributed by atoms with Crippen LogP contribution in [0.25, 0.3) is 0 Å². The molecule has 1 aliphatic carbocycles. The van der Waals surface area contributed by atoms with E-state index in [0.717, 1.165) is 25.7 Å². The second-order valence-corrected chi connectivity index (χ2v) is 5.63. The monoisotopic (exact) mass is 242 g/mol. The normalized spacial score (nSPS) is 19.5. The lowest BCUT2D eigenvalue weighted by Gasteiger charge is -2.35. The van der Waals surface area contributed by atoms with Gasteiger partial charge in [-0.15, -0.1) is 0 Å². The molecule has 0 spiro atoms. The van der Waals surface area contributed by atoms with E-state index in [1.54, 1.807) is 0 Å². The van der Waals surface area contributed by atoms with E-state index in [1.165, 1.54) is 20.3 Å². The van der Waals surface area contributed by atoms with E-state index >= 15 is 0 Å². The highest BCUT2D eigenvalue weighted by molar-refractivity contribution is 5.85. The molecule has 0 heterocycles. The standard InChI is InChI=1S/C12H22N2O3/c1-11(2,9(15)16)13-10(17)14-12(3)7-5-4-6-8-12/h4-8H2,1-3H3,(H,15,16)(H2,13,14,17). The fourth-order valence-corrected chi connectivity index (χ4v) is 2.10. The molecule has 0 aliphatic heterocycles. The van der Waals surface area contributed by atoms with Crippen molar-refractivity contribution in [2.24, 2.45) is 0 Å². The number of carboxylic acid groups (broad SMARTS) is 1. The van der Waals surface area contributed by atoms with Gasteiger partial charge in [0, 0.05) is 5.54 Å². The number of aliphatic carboxylic acids is 1. The van der Waals surface area contributed by atoms with Gasteiger partial charge in [-0.1, -0.05) is 19.3 Å². The van der Waals surface area contributed by atoms with E-state index in [1.807, 2.05) is 6.92 Å². The quantitative estimate of drug-likeness (QED) is 0.707. The predicted molar refractivity (Wildman–Crippen MR) is 64.9 cm³/mol. The number of carbonyl (C=O) groups is 2. The SMILES string of the molecule is CC1(NC(=O)NC(C)(C)C(=O)O)CCCCC1. The van der Waals surface area contributed by atoms with Crippen molar-refractivity contribution in [2.75, 3.05) is 0 Å². The summed E-state index contributed by atoms with van der Waals surface area (Å²) in [7, 11) is 0. The first-order chi connectivity index (χ1) is 7.75. The molecule has 1 aliphatic rings. The summed E-state index contributed by atoms with van der Waals surface area (Å²) in [6.45, 7) is 4.95. The first-order valence-corrected chi connectivity index (χ1v) is 6.09. The molecular weight excluding hydrogens is 220 g/mol. The Morgan fingerprint density at radius 2 is 1.71 bits per heavy atom. The van der Waals surface area contributed by atoms with Crippen molar-refractivity contribution in [1.82, 2.24) is 10.6 Å². The molecule has 0 bridgehead atoms. The molecule has 0 aromatic carbocycles. The summed E-state index contributed by atoms with van der Waals surface area (Å²) in [4.78, 5) is 22.6. The van der Waals surface area contributed by atoms with Gasteiger partial charge in [-0.25, -0.2) is 9.59 Å². The van der Waals surface area contributed by atoms with Crippen LogP contribution in [0, 0.1) is 0 Å². The molecule has 0 radical (unpaired) electrons. The third-order valence-electron chi connectivity index (χ3n) is 3.33. The van der Waals surface area contributed by atoms with E-state index in [9.17, 15) is 9.59 Å². The Morgan fingerprint density at radius 3 is 2.18 bits per heavy atom. The fraction of sp³-hybridized carbons (Fsp3) is 0.833. The van der Waals surface area contributed by atoms with Crippen LogP contribution in [0.15, 0.2) is 0 Å². The second kappa shape index (κ2) is 4.94. The number of hydrogen-bond acceptors (Lipinski definition) is 2. The van der Waals surface area contributed by atoms with Crippen LogP contribution in [0.4, 0.5) is 4.79 Å². The molecule has 0 unspecified atom stereocenters. The van der Waals surface area contributed by atoms with Crippen LogP contribution in [0.5, 0.6) is 0 Å². The van der Waals surface area contributed by atoms with Crippen LogP contribution in [-0.2, 0) is 4.79 Å². The molecule has 5 heteroatoms. The van der Waals surface area contributed by atoms with Crippen molar-refractivity contribution >= 4 is 12.0 Å². The van der Waals surface area contributed by atoms with Gasteiger partial charge in [0.05, 0.1) is 0 Å².